The van der Waals surface area contributed by atoms with E-state index in [0.717, 1.165) is 31.2 Å². The number of hydrogen-bond donors (Lipinski definition) is 0. The van der Waals surface area contributed by atoms with Crippen molar-refractivity contribution in [2.24, 2.45) is 17.8 Å². The number of esters is 1. The highest BCUT2D eigenvalue weighted by Crippen LogP contribution is 2.43. The number of aryl methyl sites for hydroxylation is 1. The maximum atomic E-state index is 13.3. The zero-order valence-corrected chi connectivity index (χ0v) is 28.1. The molecular weight excluding hydrogens is 580 g/mol. The maximum absolute atomic E-state index is 13.3. The molecule has 0 N–H and O–H groups in total. The second-order valence-corrected chi connectivity index (χ2v) is 14.3. The SMILES string of the molecule is CCCCCCCC1(CC[C@@H]2C(CC=CCCCC(=O)OC(C)C)C(=O)C[C@H]2COS(=O)(=O)c2ccc(C)cc2)OCCO1. The zero-order chi connectivity index (χ0) is 32.0. The van der Waals surface area contributed by atoms with Gasteiger partial charge in [0.15, 0.2) is 5.79 Å². The monoisotopic (exact) mass is 634 g/mol. The third-order valence-electron chi connectivity index (χ3n) is 8.76. The molecule has 0 spiro atoms. The third kappa shape index (κ3) is 11.7. The van der Waals surface area contributed by atoms with Gasteiger partial charge in [0.25, 0.3) is 10.1 Å². The van der Waals surface area contributed by atoms with E-state index in [1.54, 1.807) is 24.3 Å². The van der Waals surface area contributed by atoms with Crippen LogP contribution in [0.15, 0.2) is 41.3 Å². The molecule has 1 saturated heterocycles. The third-order valence-corrected chi connectivity index (χ3v) is 10.1. The lowest BCUT2D eigenvalue weighted by Crippen LogP contribution is -2.32. The topological polar surface area (TPSA) is 105 Å². The van der Waals surface area contributed by atoms with Gasteiger partial charge in [-0.25, -0.2) is 0 Å². The molecule has 3 atom stereocenters. The van der Waals surface area contributed by atoms with Crippen molar-refractivity contribution in [2.45, 2.75) is 128 Å². The highest BCUT2D eigenvalue weighted by molar-refractivity contribution is 7.86. The largest absolute Gasteiger partial charge is 0.463 e. The maximum Gasteiger partial charge on any atom is 0.306 e. The minimum atomic E-state index is -3.94. The van der Waals surface area contributed by atoms with E-state index in [9.17, 15) is 18.0 Å². The Labute approximate surface area is 265 Å². The van der Waals surface area contributed by atoms with Crippen LogP contribution < -0.4 is 0 Å². The van der Waals surface area contributed by atoms with Crippen LogP contribution in [0.1, 0.15) is 110 Å². The van der Waals surface area contributed by atoms with Crippen LogP contribution in [0.2, 0.25) is 0 Å². The Hall–Kier alpha value is -2.07. The number of ether oxygens (including phenoxy) is 3. The average Bonchev–Trinajstić information content (AvgIpc) is 3.56. The molecule has 1 aliphatic carbocycles. The average molecular weight is 635 g/mol. The van der Waals surface area contributed by atoms with Gasteiger partial charge in [-0.2, -0.15) is 8.42 Å². The lowest BCUT2D eigenvalue weighted by Gasteiger charge is -2.31. The van der Waals surface area contributed by atoms with E-state index in [1.165, 1.54) is 19.3 Å². The summed E-state index contributed by atoms with van der Waals surface area (Å²) in [6, 6.07) is 6.60. The van der Waals surface area contributed by atoms with Gasteiger partial charge >= 0.3 is 5.97 Å². The normalized spacial score (nSPS) is 21.9. The van der Waals surface area contributed by atoms with Crippen LogP contribution in [0, 0.1) is 24.7 Å². The Kier molecular flexibility index (Phi) is 15.0. The van der Waals surface area contributed by atoms with Crippen LogP contribution in [-0.2, 0) is 38.1 Å². The molecule has 1 aliphatic heterocycles. The van der Waals surface area contributed by atoms with Crippen molar-refractivity contribution in [2.75, 3.05) is 19.8 Å². The number of hydrogen-bond acceptors (Lipinski definition) is 8. The summed E-state index contributed by atoms with van der Waals surface area (Å²) in [7, 11) is -3.94. The van der Waals surface area contributed by atoms with E-state index in [-0.39, 0.29) is 47.1 Å². The molecule has 2 fully saturated rings. The first-order valence-corrected chi connectivity index (χ1v) is 18.1. The van der Waals surface area contributed by atoms with Gasteiger partial charge in [-0.05, 0) is 76.8 Å². The zero-order valence-electron chi connectivity index (χ0n) is 27.3. The smallest absolute Gasteiger partial charge is 0.306 e. The summed E-state index contributed by atoms with van der Waals surface area (Å²) in [6.45, 7) is 8.88. The van der Waals surface area contributed by atoms with Crippen molar-refractivity contribution in [3.8, 4) is 0 Å². The van der Waals surface area contributed by atoms with E-state index < -0.39 is 15.9 Å². The Morgan fingerprint density at radius 1 is 1.02 bits per heavy atom. The van der Waals surface area contributed by atoms with Gasteiger partial charge in [0, 0.05) is 31.6 Å². The van der Waals surface area contributed by atoms with E-state index in [1.807, 2.05) is 32.9 Å². The Bertz CT molecular complexity index is 1150. The minimum Gasteiger partial charge on any atom is -0.463 e. The Balaban J connectivity index is 1.65. The van der Waals surface area contributed by atoms with Crippen molar-refractivity contribution in [3.63, 3.8) is 0 Å². The standard InChI is InChI=1S/C35H54O8S/c1-5-6-7-10-13-21-35(40-23-24-41-35)22-20-31-29(26-42-44(38,39)30-18-16-28(4)17-19-30)25-33(36)32(31)14-11-8-9-12-15-34(37)43-27(2)3/h8,11,16-19,27,29,31-32H,5-7,9-10,12-15,20-26H2,1-4H3/t29-,31-,32?/m0/s1. The summed E-state index contributed by atoms with van der Waals surface area (Å²) in [5, 5.41) is 0. The number of rotatable bonds is 20. The van der Waals surface area contributed by atoms with Crippen LogP contribution >= 0.6 is 0 Å². The van der Waals surface area contributed by atoms with E-state index >= 15 is 0 Å². The van der Waals surface area contributed by atoms with Crippen LogP contribution in [0.25, 0.3) is 0 Å². The van der Waals surface area contributed by atoms with E-state index in [0.29, 0.717) is 51.7 Å². The van der Waals surface area contributed by atoms with Gasteiger partial charge in [0.1, 0.15) is 5.78 Å². The summed E-state index contributed by atoms with van der Waals surface area (Å²) in [6.07, 6.45) is 14.6. The lowest BCUT2D eigenvalue weighted by atomic mass is 9.82. The molecular formula is C35H54O8S. The molecule has 44 heavy (non-hydrogen) atoms. The van der Waals surface area contributed by atoms with Gasteiger partial charge in [-0.3, -0.25) is 13.8 Å². The Morgan fingerprint density at radius 2 is 1.73 bits per heavy atom. The van der Waals surface area contributed by atoms with Crippen LogP contribution in [0.4, 0.5) is 0 Å². The highest BCUT2D eigenvalue weighted by Gasteiger charge is 2.44. The highest BCUT2D eigenvalue weighted by atomic mass is 32.2. The summed E-state index contributed by atoms with van der Waals surface area (Å²) < 4.78 is 49.0. The van der Waals surface area contributed by atoms with Crippen molar-refractivity contribution >= 4 is 21.9 Å². The van der Waals surface area contributed by atoms with Crippen molar-refractivity contribution in [3.05, 3.63) is 42.0 Å². The lowest BCUT2D eigenvalue weighted by molar-refractivity contribution is -0.171. The molecule has 0 bridgehead atoms. The molecule has 248 valence electrons. The number of ketones is 1. The number of allylic oxidation sites excluding steroid dienone is 2. The molecule has 1 heterocycles. The van der Waals surface area contributed by atoms with Gasteiger partial charge < -0.3 is 14.2 Å². The van der Waals surface area contributed by atoms with Crippen molar-refractivity contribution < 1.29 is 36.4 Å². The molecule has 2 aliphatic rings. The number of benzene rings is 1. The van der Waals surface area contributed by atoms with Gasteiger partial charge in [-0.1, -0.05) is 62.5 Å². The van der Waals surface area contributed by atoms with Crippen LogP contribution in [0.3, 0.4) is 0 Å². The fraction of sp³-hybridized carbons (Fsp3) is 0.714. The number of unbranched alkanes of at least 4 members (excludes halogenated alkanes) is 5. The molecule has 0 aromatic heterocycles. The van der Waals surface area contributed by atoms with Gasteiger partial charge in [0.05, 0.1) is 30.8 Å². The molecule has 0 radical (unpaired) electrons. The van der Waals surface area contributed by atoms with Crippen molar-refractivity contribution in [1.29, 1.82) is 0 Å². The van der Waals surface area contributed by atoms with Crippen LogP contribution in [0.5, 0.6) is 0 Å². The molecule has 1 saturated carbocycles. The predicted molar refractivity (Wildman–Crippen MR) is 170 cm³/mol. The van der Waals surface area contributed by atoms with Gasteiger partial charge in [-0.15, -0.1) is 0 Å². The Morgan fingerprint density at radius 3 is 2.41 bits per heavy atom. The first kappa shape index (κ1) is 36.4. The molecule has 1 aromatic rings. The summed E-state index contributed by atoms with van der Waals surface area (Å²) >= 11 is 0. The predicted octanol–water partition coefficient (Wildman–Crippen LogP) is 7.47. The summed E-state index contributed by atoms with van der Waals surface area (Å²) in [5.41, 5.74) is 0.965. The first-order chi connectivity index (χ1) is 21.0. The quantitative estimate of drug-likeness (QED) is 0.0630. The van der Waals surface area contributed by atoms with Crippen molar-refractivity contribution in [1.82, 2.24) is 0 Å². The number of carbonyl (C=O) groups excluding carboxylic acids is 2. The molecule has 1 unspecified atom stereocenters. The molecule has 0 amide bonds. The summed E-state index contributed by atoms with van der Waals surface area (Å²) in [4.78, 5) is 25.3. The summed E-state index contributed by atoms with van der Waals surface area (Å²) in [5.74, 6) is -1.18. The molecule has 8 nitrogen and oxygen atoms in total. The van der Waals surface area contributed by atoms with E-state index in [2.05, 4.69) is 6.92 Å². The fourth-order valence-corrected chi connectivity index (χ4v) is 7.31. The second-order valence-electron chi connectivity index (χ2n) is 12.7. The van der Waals surface area contributed by atoms with Crippen LogP contribution in [-0.4, -0.2) is 51.9 Å². The minimum absolute atomic E-state index is 0.0312. The molecule has 9 heteroatoms. The fourth-order valence-electron chi connectivity index (χ4n) is 6.35. The van der Waals surface area contributed by atoms with E-state index in [4.69, 9.17) is 18.4 Å². The molecule has 1 aromatic carbocycles. The number of carbonyl (C=O) groups is 2. The second kappa shape index (κ2) is 18.2. The molecule has 3 rings (SSSR count). The van der Waals surface area contributed by atoms with Gasteiger partial charge in [0.2, 0.25) is 0 Å². The first-order valence-electron chi connectivity index (χ1n) is 16.7. The number of Topliss-reactive ketones (excluding diaryl/α,β-unsaturated/α-hetero) is 1.